The van der Waals surface area contributed by atoms with Crippen molar-refractivity contribution in [1.82, 2.24) is 10.4 Å². The molecule has 2 aromatic rings. The molecular weight excluding hydrogens is 229 g/mol. The predicted molar refractivity (Wildman–Crippen MR) is 69.1 cm³/mol. The Labute approximate surface area is 106 Å². The van der Waals surface area contributed by atoms with Crippen molar-refractivity contribution in [2.75, 3.05) is 0 Å². The molecule has 0 aliphatic rings. The van der Waals surface area contributed by atoms with Crippen LogP contribution in [-0.2, 0) is 6.42 Å². The third kappa shape index (κ3) is 2.72. The molecule has 3 nitrogen and oxygen atoms in total. The fraction of sp³-hybridized carbons (Fsp3) is 0.214. The topological polar surface area (TPSA) is 50.9 Å². The van der Waals surface area contributed by atoms with Gasteiger partial charge in [-0.3, -0.25) is 16.3 Å². The van der Waals surface area contributed by atoms with E-state index in [1.165, 1.54) is 0 Å². The van der Waals surface area contributed by atoms with Crippen LogP contribution in [0.15, 0.2) is 42.7 Å². The molecule has 0 saturated heterocycles. The Kier molecular flexibility index (Phi) is 4.02. The Bertz CT molecular complexity index is 514. The highest BCUT2D eigenvalue weighted by Gasteiger charge is 2.15. The Morgan fingerprint density at radius 2 is 2.00 bits per heavy atom. The van der Waals surface area contributed by atoms with E-state index in [0.29, 0.717) is 17.5 Å². The van der Waals surface area contributed by atoms with Crippen LogP contribution < -0.4 is 11.3 Å². The summed E-state index contributed by atoms with van der Waals surface area (Å²) in [5.41, 5.74) is 4.96. The lowest BCUT2D eigenvalue weighted by molar-refractivity contribution is 0.507. The zero-order valence-corrected chi connectivity index (χ0v) is 10.2. The molecular formula is C14H16FN3. The molecule has 0 saturated carbocycles. The van der Waals surface area contributed by atoms with Crippen LogP contribution in [0.25, 0.3) is 0 Å². The van der Waals surface area contributed by atoms with Crippen molar-refractivity contribution in [2.45, 2.75) is 19.4 Å². The van der Waals surface area contributed by atoms with E-state index in [-0.39, 0.29) is 11.9 Å². The van der Waals surface area contributed by atoms with E-state index in [0.717, 1.165) is 5.56 Å². The molecule has 0 fully saturated rings. The molecule has 0 bridgehead atoms. The molecule has 94 valence electrons. The number of nitrogens with two attached hydrogens (primary N) is 1. The quantitative estimate of drug-likeness (QED) is 0.642. The Morgan fingerprint density at radius 3 is 2.67 bits per heavy atom. The SMILES string of the molecule is Cc1cccc(C(Cc2ccncc2)NN)c1F. The summed E-state index contributed by atoms with van der Waals surface area (Å²) in [6, 6.07) is 8.90. The maximum absolute atomic E-state index is 14.0. The first-order valence-corrected chi connectivity index (χ1v) is 5.82. The van der Waals surface area contributed by atoms with Gasteiger partial charge in [-0.1, -0.05) is 18.2 Å². The number of aromatic nitrogens is 1. The second kappa shape index (κ2) is 5.71. The Morgan fingerprint density at radius 1 is 1.28 bits per heavy atom. The second-order valence-electron chi connectivity index (χ2n) is 4.26. The molecule has 0 aliphatic heterocycles. The molecule has 1 aromatic heterocycles. The molecule has 0 aliphatic carbocycles. The van der Waals surface area contributed by atoms with Gasteiger partial charge in [0.25, 0.3) is 0 Å². The summed E-state index contributed by atoms with van der Waals surface area (Å²) in [6.07, 6.45) is 4.06. The van der Waals surface area contributed by atoms with Gasteiger partial charge in [0.1, 0.15) is 5.82 Å². The Balaban J connectivity index is 2.26. The molecule has 4 heteroatoms. The summed E-state index contributed by atoms with van der Waals surface area (Å²) in [5, 5.41) is 0. The average molecular weight is 245 g/mol. The maximum atomic E-state index is 14.0. The van der Waals surface area contributed by atoms with Crippen LogP contribution in [-0.4, -0.2) is 4.98 Å². The standard InChI is InChI=1S/C14H16FN3/c1-10-3-2-4-12(14(10)15)13(18-16)9-11-5-7-17-8-6-11/h2-8,13,18H,9,16H2,1H3. The highest BCUT2D eigenvalue weighted by Crippen LogP contribution is 2.22. The lowest BCUT2D eigenvalue weighted by Crippen LogP contribution is -2.30. The van der Waals surface area contributed by atoms with Crippen LogP contribution in [0.4, 0.5) is 4.39 Å². The number of hydrazine groups is 1. The predicted octanol–water partition coefficient (Wildman–Crippen LogP) is 2.28. The van der Waals surface area contributed by atoms with Gasteiger partial charge in [0.05, 0.1) is 6.04 Å². The molecule has 0 radical (unpaired) electrons. The van der Waals surface area contributed by atoms with Crippen LogP contribution in [0.3, 0.4) is 0 Å². The van der Waals surface area contributed by atoms with Crippen molar-refractivity contribution < 1.29 is 4.39 Å². The third-order valence-corrected chi connectivity index (χ3v) is 2.99. The molecule has 3 N–H and O–H groups in total. The minimum Gasteiger partial charge on any atom is -0.271 e. The third-order valence-electron chi connectivity index (χ3n) is 2.99. The molecule has 18 heavy (non-hydrogen) atoms. The number of hydrogen-bond donors (Lipinski definition) is 2. The highest BCUT2D eigenvalue weighted by atomic mass is 19.1. The minimum atomic E-state index is -0.243. The molecule has 1 unspecified atom stereocenters. The van der Waals surface area contributed by atoms with Crippen LogP contribution in [0, 0.1) is 12.7 Å². The molecule has 1 atom stereocenters. The van der Waals surface area contributed by atoms with Gasteiger partial charge in [-0.05, 0) is 36.6 Å². The number of pyridine rings is 1. The number of rotatable bonds is 4. The summed E-state index contributed by atoms with van der Waals surface area (Å²) in [6.45, 7) is 1.75. The summed E-state index contributed by atoms with van der Waals surface area (Å²) in [4.78, 5) is 3.96. The van der Waals surface area contributed by atoms with Gasteiger partial charge in [0.2, 0.25) is 0 Å². The summed E-state index contributed by atoms with van der Waals surface area (Å²) >= 11 is 0. The minimum absolute atomic E-state index is 0.200. The smallest absolute Gasteiger partial charge is 0.130 e. The van der Waals surface area contributed by atoms with Gasteiger partial charge in [0, 0.05) is 18.0 Å². The molecule has 2 rings (SSSR count). The van der Waals surface area contributed by atoms with Crippen molar-refractivity contribution in [3.8, 4) is 0 Å². The number of nitrogens with zero attached hydrogens (tertiary/aromatic N) is 1. The fourth-order valence-electron chi connectivity index (χ4n) is 1.95. The zero-order chi connectivity index (χ0) is 13.0. The summed E-state index contributed by atoms with van der Waals surface area (Å²) < 4.78 is 14.0. The number of aryl methyl sites for hydroxylation is 1. The number of benzene rings is 1. The number of hydrogen-bond acceptors (Lipinski definition) is 3. The molecule has 0 spiro atoms. The van der Waals surface area contributed by atoms with Crippen LogP contribution in [0.2, 0.25) is 0 Å². The van der Waals surface area contributed by atoms with Crippen molar-refractivity contribution in [3.63, 3.8) is 0 Å². The Hall–Kier alpha value is -1.78. The van der Waals surface area contributed by atoms with Crippen molar-refractivity contribution in [3.05, 3.63) is 65.2 Å². The number of halogens is 1. The van der Waals surface area contributed by atoms with Gasteiger partial charge in [-0.15, -0.1) is 0 Å². The van der Waals surface area contributed by atoms with Gasteiger partial charge in [-0.2, -0.15) is 0 Å². The van der Waals surface area contributed by atoms with E-state index in [1.807, 2.05) is 18.2 Å². The monoisotopic (exact) mass is 245 g/mol. The van der Waals surface area contributed by atoms with Crippen LogP contribution in [0.1, 0.15) is 22.7 Å². The van der Waals surface area contributed by atoms with Crippen molar-refractivity contribution >= 4 is 0 Å². The maximum Gasteiger partial charge on any atom is 0.130 e. The number of nitrogens with one attached hydrogen (secondary N) is 1. The first kappa shape index (κ1) is 12.7. The van der Waals surface area contributed by atoms with E-state index in [4.69, 9.17) is 5.84 Å². The first-order chi connectivity index (χ1) is 8.72. The van der Waals surface area contributed by atoms with Crippen LogP contribution >= 0.6 is 0 Å². The summed E-state index contributed by atoms with van der Waals surface area (Å²) in [5.74, 6) is 5.34. The van der Waals surface area contributed by atoms with Crippen molar-refractivity contribution in [2.24, 2.45) is 5.84 Å². The zero-order valence-electron chi connectivity index (χ0n) is 10.2. The van der Waals surface area contributed by atoms with Gasteiger partial charge < -0.3 is 0 Å². The first-order valence-electron chi connectivity index (χ1n) is 5.82. The lowest BCUT2D eigenvalue weighted by Gasteiger charge is -2.18. The van der Waals surface area contributed by atoms with Crippen molar-refractivity contribution in [1.29, 1.82) is 0 Å². The summed E-state index contributed by atoms with van der Waals surface area (Å²) in [7, 11) is 0. The second-order valence-corrected chi connectivity index (χ2v) is 4.26. The van der Waals surface area contributed by atoms with Gasteiger partial charge in [0.15, 0.2) is 0 Å². The van der Waals surface area contributed by atoms with E-state index in [2.05, 4.69) is 10.4 Å². The fourth-order valence-corrected chi connectivity index (χ4v) is 1.95. The van der Waals surface area contributed by atoms with E-state index in [9.17, 15) is 4.39 Å². The van der Waals surface area contributed by atoms with Gasteiger partial charge in [-0.25, -0.2) is 4.39 Å². The van der Waals surface area contributed by atoms with E-state index >= 15 is 0 Å². The van der Waals surface area contributed by atoms with E-state index in [1.54, 1.807) is 31.5 Å². The normalized spacial score (nSPS) is 12.4. The average Bonchev–Trinajstić information content (AvgIpc) is 2.41. The lowest BCUT2D eigenvalue weighted by atomic mass is 9.98. The van der Waals surface area contributed by atoms with E-state index < -0.39 is 0 Å². The highest BCUT2D eigenvalue weighted by molar-refractivity contribution is 5.29. The largest absolute Gasteiger partial charge is 0.271 e. The van der Waals surface area contributed by atoms with Gasteiger partial charge >= 0.3 is 0 Å². The van der Waals surface area contributed by atoms with Crippen LogP contribution in [0.5, 0.6) is 0 Å². The molecule has 1 heterocycles. The molecule has 0 amide bonds. The molecule has 1 aromatic carbocycles.